The van der Waals surface area contributed by atoms with E-state index in [0.29, 0.717) is 6.42 Å². The van der Waals surface area contributed by atoms with E-state index in [-0.39, 0.29) is 17.9 Å². The van der Waals surface area contributed by atoms with Gasteiger partial charge >= 0.3 is 0 Å². The van der Waals surface area contributed by atoms with Crippen LogP contribution in [0, 0.1) is 13.8 Å². The van der Waals surface area contributed by atoms with E-state index < -0.39 is 0 Å². The van der Waals surface area contributed by atoms with Crippen molar-refractivity contribution in [2.45, 2.75) is 39.2 Å². The van der Waals surface area contributed by atoms with Gasteiger partial charge in [-0.25, -0.2) is 0 Å². The first-order valence-corrected chi connectivity index (χ1v) is 10.5. The maximum absolute atomic E-state index is 13.1. The number of nitrogens with one attached hydrogen (secondary N) is 2. The molecule has 0 bridgehead atoms. The van der Waals surface area contributed by atoms with E-state index in [1.54, 1.807) is 0 Å². The quantitative estimate of drug-likeness (QED) is 0.401. The van der Waals surface area contributed by atoms with Gasteiger partial charge in [0.15, 0.2) is 0 Å². The molecule has 1 heterocycles. The Kier molecular flexibility index (Phi) is 5.71. The van der Waals surface area contributed by atoms with Crippen LogP contribution in [0.15, 0.2) is 79.0 Å². The molecule has 30 heavy (non-hydrogen) atoms. The number of amides is 1. The summed E-state index contributed by atoms with van der Waals surface area (Å²) in [4.78, 5) is 16.5. The number of para-hydroxylation sites is 1. The molecule has 1 aromatic heterocycles. The second-order valence-corrected chi connectivity index (χ2v) is 8.11. The van der Waals surface area contributed by atoms with Gasteiger partial charge in [-0.3, -0.25) is 4.79 Å². The summed E-state index contributed by atoms with van der Waals surface area (Å²) in [6.45, 7) is 6.27. The summed E-state index contributed by atoms with van der Waals surface area (Å²) in [6.07, 6.45) is 2.46. The van der Waals surface area contributed by atoms with Gasteiger partial charge in [0.25, 0.3) is 0 Å². The first-order valence-electron chi connectivity index (χ1n) is 10.5. The number of benzene rings is 3. The van der Waals surface area contributed by atoms with E-state index in [1.807, 2.05) is 43.3 Å². The maximum Gasteiger partial charge on any atom is 0.221 e. The number of aryl methyl sites for hydroxylation is 2. The number of hydrogen-bond donors (Lipinski definition) is 2. The molecular weight excluding hydrogens is 368 g/mol. The Balaban J connectivity index is 1.66. The Morgan fingerprint density at radius 2 is 1.67 bits per heavy atom. The highest BCUT2D eigenvalue weighted by molar-refractivity contribution is 5.86. The molecule has 4 aromatic rings. The molecule has 0 aliphatic heterocycles. The molecule has 0 spiro atoms. The standard InChI is InChI=1S/C27H28N2O/c1-18-13-14-22(19(2)15-18)24(25-17-28-26-12-8-7-11-23(25)26)16-27(30)29-20(3)21-9-5-4-6-10-21/h4-15,17,20,24,28H,16H2,1-3H3,(H,29,30)/t20-,24+/m0/s1. The van der Waals surface area contributed by atoms with Gasteiger partial charge in [-0.2, -0.15) is 0 Å². The zero-order valence-corrected chi connectivity index (χ0v) is 17.8. The SMILES string of the molecule is Cc1ccc([C@@H](CC(=O)N[C@@H](C)c2ccccc2)c2c[nH]c3ccccc23)c(C)c1. The molecule has 1 amide bonds. The zero-order chi connectivity index (χ0) is 21.1. The Labute approximate surface area is 178 Å². The summed E-state index contributed by atoms with van der Waals surface area (Å²) in [5.74, 6) is 0.0475. The summed E-state index contributed by atoms with van der Waals surface area (Å²) in [5, 5.41) is 4.36. The van der Waals surface area contributed by atoms with Crippen molar-refractivity contribution in [3.8, 4) is 0 Å². The van der Waals surface area contributed by atoms with Crippen LogP contribution >= 0.6 is 0 Å². The van der Waals surface area contributed by atoms with Crippen LogP contribution in [0.3, 0.4) is 0 Å². The van der Waals surface area contributed by atoms with Gasteiger partial charge in [0.1, 0.15) is 0 Å². The first-order chi connectivity index (χ1) is 14.5. The number of hydrogen-bond acceptors (Lipinski definition) is 1. The molecule has 0 saturated heterocycles. The topological polar surface area (TPSA) is 44.9 Å². The van der Waals surface area contributed by atoms with Gasteiger partial charge in [0.05, 0.1) is 6.04 Å². The molecule has 3 nitrogen and oxygen atoms in total. The van der Waals surface area contributed by atoms with Gasteiger partial charge in [-0.15, -0.1) is 0 Å². The summed E-state index contributed by atoms with van der Waals surface area (Å²) in [5.41, 5.74) is 7.03. The highest BCUT2D eigenvalue weighted by Crippen LogP contribution is 2.35. The summed E-state index contributed by atoms with van der Waals surface area (Å²) in [7, 11) is 0. The number of rotatable bonds is 6. The molecule has 152 valence electrons. The molecule has 0 radical (unpaired) electrons. The van der Waals surface area contributed by atoms with Crippen LogP contribution in [0.1, 0.15) is 53.1 Å². The van der Waals surface area contributed by atoms with Gasteiger partial charge in [-0.05, 0) is 49.1 Å². The van der Waals surface area contributed by atoms with Crippen LogP contribution in [0.5, 0.6) is 0 Å². The number of aromatic nitrogens is 1. The van der Waals surface area contributed by atoms with Crippen molar-refractivity contribution < 1.29 is 4.79 Å². The predicted octanol–water partition coefficient (Wildman–Crippen LogP) is 6.18. The van der Waals surface area contributed by atoms with E-state index in [0.717, 1.165) is 11.1 Å². The second kappa shape index (κ2) is 8.58. The minimum atomic E-state index is -0.0265. The number of H-pyrrole nitrogens is 1. The largest absolute Gasteiger partial charge is 0.361 e. The Morgan fingerprint density at radius 1 is 0.933 bits per heavy atom. The number of fused-ring (bicyclic) bond motifs is 1. The van der Waals surface area contributed by atoms with Crippen LogP contribution in [0.4, 0.5) is 0 Å². The van der Waals surface area contributed by atoms with Gasteiger partial charge in [0, 0.05) is 29.4 Å². The lowest BCUT2D eigenvalue weighted by atomic mass is 9.85. The van der Waals surface area contributed by atoms with Crippen molar-refractivity contribution in [2.75, 3.05) is 0 Å². The molecule has 3 heteroatoms. The Hall–Kier alpha value is -3.33. The molecule has 0 fully saturated rings. The van der Waals surface area contributed by atoms with E-state index in [2.05, 4.69) is 66.7 Å². The third-order valence-electron chi connectivity index (χ3n) is 5.86. The van der Waals surface area contributed by atoms with Crippen LogP contribution in [-0.4, -0.2) is 10.9 Å². The highest BCUT2D eigenvalue weighted by Gasteiger charge is 2.23. The zero-order valence-electron chi connectivity index (χ0n) is 17.8. The van der Waals surface area contributed by atoms with Crippen LogP contribution in [0.2, 0.25) is 0 Å². The third-order valence-corrected chi connectivity index (χ3v) is 5.86. The van der Waals surface area contributed by atoms with Crippen LogP contribution in [0.25, 0.3) is 10.9 Å². The van der Waals surface area contributed by atoms with Crippen LogP contribution < -0.4 is 5.32 Å². The lowest BCUT2D eigenvalue weighted by Gasteiger charge is -2.21. The van der Waals surface area contributed by atoms with Crippen molar-refractivity contribution in [1.29, 1.82) is 0 Å². The molecule has 2 atom stereocenters. The maximum atomic E-state index is 13.1. The summed E-state index contributed by atoms with van der Waals surface area (Å²) < 4.78 is 0. The van der Waals surface area contributed by atoms with Crippen molar-refractivity contribution in [3.63, 3.8) is 0 Å². The van der Waals surface area contributed by atoms with E-state index >= 15 is 0 Å². The minimum absolute atomic E-state index is 0.00952. The third kappa shape index (κ3) is 4.16. The van der Waals surface area contributed by atoms with Crippen molar-refractivity contribution in [3.05, 3.63) is 107 Å². The monoisotopic (exact) mass is 396 g/mol. The normalized spacial score (nSPS) is 13.2. The van der Waals surface area contributed by atoms with E-state index in [9.17, 15) is 4.79 Å². The fourth-order valence-corrected chi connectivity index (χ4v) is 4.30. The number of carbonyl (C=O) groups excluding carboxylic acids is 1. The van der Waals surface area contributed by atoms with Crippen molar-refractivity contribution in [2.24, 2.45) is 0 Å². The van der Waals surface area contributed by atoms with E-state index in [4.69, 9.17) is 0 Å². The Morgan fingerprint density at radius 3 is 2.43 bits per heavy atom. The average molecular weight is 397 g/mol. The lowest BCUT2D eigenvalue weighted by Crippen LogP contribution is -2.28. The molecule has 0 aliphatic rings. The predicted molar refractivity (Wildman–Crippen MR) is 124 cm³/mol. The fourth-order valence-electron chi connectivity index (χ4n) is 4.30. The number of aromatic amines is 1. The van der Waals surface area contributed by atoms with Gasteiger partial charge in [-0.1, -0.05) is 72.3 Å². The average Bonchev–Trinajstić information content (AvgIpc) is 3.17. The summed E-state index contributed by atoms with van der Waals surface area (Å²) in [6, 6.07) is 24.9. The molecule has 3 aromatic carbocycles. The first kappa shape index (κ1) is 20.0. The summed E-state index contributed by atoms with van der Waals surface area (Å²) >= 11 is 0. The molecule has 0 unspecified atom stereocenters. The molecule has 0 aliphatic carbocycles. The molecule has 0 saturated carbocycles. The molecule has 4 rings (SSSR count). The van der Waals surface area contributed by atoms with Gasteiger partial charge < -0.3 is 10.3 Å². The van der Waals surface area contributed by atoms with E-state index in [1.165, 1.54) is 27.6 Å². The van der Waals surface area contributed by atoms with Gasteiger partial charge in [0.2, 0.25) is 5.91 Å². The van der Waals surface area contributed by atoms with Crippen molar-refractivity contribution >= 4 is 16.8 Å². The Bertz CT molecular complexity index is 1160. The molecular formula is C27H28N2O. The highest BCUT2D eigenvalue weighted by atomic mass is 16.1. The fraction of sp³-hybridized carbons (Fsp3) is 0.222. The smallest absolute Gasteiger partial charge is 0.221 e. The lowest BCUT2D eigenvalue weighted by molar-refractivity contribution is -0.121. The van der Waals surface area contributed by atoms with Crippen LogP contribution in [-0.2, 0) is 4.79 Å². The molecule has 2 N–H and O–H groups in total. The number of carbonyl (C=O) groups is 1. The second-order valence-electron chi connectivity index (χ2n) is 8.11. The van der Waals surface area contributed by atoms with Crippen molar-refractivity contribution in [1.82, 2.24) is 10.3 Å². The minimum Gasteiger partial charge on any atom is -0.361 e.